The number of amides is 2. The number of piperazine rings is 1. The van der Waals surface area contributed by atoms with E-state index in [1.807, 2.05) is 32.7 Å². The summed E-state index contributed by atoms with van der Waals surface area (Å²) in [7, 11) is 1.84. The quantitative estimate of drug-likeness (QED) is 0.781. The van der Waals surface area contributed by atoms with E-state index in [0.29, 0.717) is 25.2 Å². The van der Waals surface area contributed by atoms with Gasteiger partial charge >= 0.3 is 6.09 Å². The van der Waals surface area contributed by atoms with Gasteiger partial charge in [-0.1, -0.05) is 6.92 Å². The monoisotopic (exact) mass is 377 g/mol. The zero-order valence-electron chi connectivity index (χ0n) is 17.1. The Bertz CT molecular complexity index is 714. The molecule has 2 aliphatic rings. The lowest BCUT2D eigenvalue weighted by Gasteiger charge is -2.34. The molecule has 1 aromatic heterocycles. The van der Waals surface area contributed by atoms with Crippen LogP contribution in [0.5, 0.6) is 0 Å². The minimum atomic E-state index is -0.522. The molecule has 0 radical (unpaired) electrons. The molecule has 0 N–H and O–H groups in total. The number of fused-ring (bicyclic) bond motifs is 1. The highest BCUT2D eigenvalue weighted by atomic mass is 16.6. The van der Waals surface area contributed by atoms with Crippen molar-refractivity contribution in [1.82, 2.24) is 24.5 Å². The van der Waals surface area contributed by atoms with E-state index < -0.39 is 5.60 Å². The van der Waals surface area contributed by atoms with Crippen LogP contribution in [0.4, 0.5) is 4.79 Å². The second-order valence-electron chi connectivity index (χ2n) is 8.28. The van der Waals surface area contributed by atoms with Crippen molar-refractivity contribution in [1.29, 1.82) is 0 Å². The van der Waals surface area contributed by atoms with Gasteiger partial charge in [-0.2, -0.15) is 5.10 Å². The lowest BCUT2D eigenvalue weighted by Crippen LogP contribution is -2.48. The van der Waals surface area contributed by atoms with Crippen LogP contribution in [-0.2, 0) is 24.8 Å². The minimum Gasteiger partial charge on any atom is -0.444 e. The Hall–Kier alpha value is -2.09. The maximum atomic E-state index is 13.0. The van der Waals surface area contributed by atoms with Crippen LogP contribution in [0.2, 0.25) is 0 Å². The summed E-state index contributed by atoms with van der Waals surface area (Å²) in [5, 5.41) is 4.51. The van der Waals surface area contributed by atoms with E-state index >= 15 is 0 Å². The van der Waals surface area contributed by atoms with Crippen molar-refractivity contribution in [2.75, 3.05) is 39.3 Å². The summed E-state index contributed by atoms with van der Waals surface area (Å²) in [6, 6.07) is 0. The number of aromatic nitrogens is 2. The van der Waals surface area contributed by atoms with E-state index in [2.05, 4.69) is 16.9 Å². The van der Waals surface area contributed by atoms with E-state index in [9.17, 15) is 9.59 Å². The van der Waals surface area contributed by atoms with Crippen LogP contribution in [0.25, 0.3) is 0 Å². The number of hydrogen-bond donors (Lipinski definition) is 0. The Kier molecular flexibility index (Phi) is 5.46. The van der Waals surface area contributed by atoms with Crippen LogP contribution in [0.15, 0.2) is 0 Å². The standard InChI is InChI=1S/C19H31N5O3/c1-6-22-9-11-23(12-10-22)17(25)16-14-7-8-24(13-15(14)21(5)20-16)18(26)27-19(2,3)4/h6-13H2,1-5H3. The highest BCUT2D eigenvalue weighted by molar-refractivity contribution is 5.94. The first-order valence-corrected chi connectivity index (χ1v) is 9.74. The van der Waals surface area contributed by atoms with Crippen LogP contribution in [0.1, 0.15) is 49.4 Å². The second-order valence-corrected chi connectivity index (χ2v) is 8.28. The van der Waals surface area contributed by atoms with Gasteiger partial charge in [-0.05, 0) is 33.7 Å². The van der Waals surface area contributed by atoms with Crippen molar-refractivity contribution >= 4 is 12.0 Å². The molecule has 0 saturated carbocycles. The number of nitrogens with zero attached hydrogens (tertiary/aromatic N) is 5. The molecule has 0 aromatic carbocycles. The van der Waals surface area contributed by atoms with Gasteiger partial charge in [0.1, 0.15) is 5.60 Å². The summed E-state index contributed by atoms with van der Waals surface area (Å²) < 4.78 is 7.22. The van der Waals surface area contributed by atoms with Crippen LogP contribution < -0.4 is 0 Å². The molecule has 0 bridgehead atoms. The van der Waals surface area contributed by atoms with Crippen molar-refractivity contribution in [2.24, 2.45) is 7.05 Å². The zero-order chi connectivity index (χ0) is 19.8. The fourth-order valence-corrected chi connectivity index (χ4v) is 3.64. The van der Waals surface area contributed by atoms with Crippen molar-refractivity contribution in [3.63, 3.8) is 0 Å². The van der Waals surface area contributed by atoms with Gasteiger partial charge in [0.2, 0.25) is 0 Å². The van der Waals surface area contributed by atoms with Crippen LogP contribution in [0.3, 0.4) is 0 Å². The summed E-state index contributed by atoms with van der Waals surface area (Å²) in [4.78, 5) is 31.3. The van der Waals surface area contributed by atoms with E-state index in [1.54, 1.807) is 9.58 Å². The van der Waals surface area contributed by atoms with Gasteiger partial charge in [-0.15, -0.1) is 0 Å². The van der Waals surface area contributed by atoms with E-state index in [-0.39, 0.29) is 12.0 Å². The van der Waals surface area contributed by atoms with E-state index in [1.165, 1.54) is 0 Å². The highest BCUT2D eigenvalue weighted by Crippen LogP contribution is 2.25. The Morgan fingerprint density at radius 1 is 1.07 bits per heavy atom. The topological polar surface area (TPSA) is 70.9 Å². The predicted octanol–water partition coefficient (Wildman–Crippen LogP) is 1.49. The molecule has 1 aromatic rings. The summed E-state index contributed by atoms with van der Waals surface area (Å²) >= 11 is 0. The Morgan fingerprint density at radius 2 is 1.74 bits per heavy atom. The summed E-state index contributed by atoms with van der Waals surface area (Å²) in [5.74, 6) is 0.00770. The Morgan fingerprint density at radius 3 is 2.33 bits per heavy atom. The molecule has 150 valence electrons. The summed E-state index contributed by atoms with van der Waals surface area (Å²) in [6.45, 7) is 13.0. The number of likely N-dealkylation sites (N-methyl/N-ethyl adjacent to an activating group) is 1. The normalized spacial score (nSPS) is 18.4. The predicted molar refractivity (Wildman–Crippen MR) is 102 cm³/mol. The van der Waals surface area contributed by atoms with Gasteiger partial charge in [0.25, 0.3) is 5.91 Å². The smallest absolute Gasteiger partial charge is 0.410 e. The minimum absolute atomic E-state index is 0.00770. The van der Waals surface area contributed by atoms with Crippen LogP contribution in [-0.4, -0.2) is 81.4 Å². The van der Waals surface area contributed by atoms with Gasteiger partial charge in [0.05, 0.1) is 12.2 Å². The molecular formula is C19H31N5O3. The summed E-state index contributed by atoms with van der Waals surface area (Å²) in [5.41, 5.74) is 1.91. The average Bonchev–Trinajstić information content (AvgIpc) is 2.96. The van der Waals surface area contributed by atoms with E-state index in [0.717, 1.165) is 44.0 Å². The highest BCUT2D eigenvalue weighted by Gasteiger charge is 2.33. The van der Waals surface area contributed by atoms with Crippen molar-refractivity contribution in [2.45, 2.75) is 46.3 Å². The molecule has 8 nitrogen and oxygen atoms in total. The van der Waals surface area contributed by atoms with Crippen molar-refractivity contribution in [3.05, 3.63) is 17.0 Å². The molecule has 0 unspecified atom stereocenters. The number of carbonyl (C=O) groups is 2. The molecule has 1 saturated heterocycles. The maximum Gasteiger partial charge on any atom is 0.410 e. The number of carbonyl (C=O) groups excluding carboxylic acids is 2. The molecular weight excluding hydrogens is 346 g/mol. The maximum absolute atomic E-state index is 13.0. The fraction of sp³-hybridized carbons (Fsp3) is 0.737. The van der Waals surface area contributed by atoms with Crippen molar-refractivity contribution < 1.29 is 14.3 Å². The van der Waals surface area contributed by atoms with Gasteiger partial charge in [-0.3, -0.25) is 9.48 Å². The lowest BCUT2D eigenvalue weighted by atomic mass is 10.0. The average molecular weight is 377 g/mol. The van der Waals surface area contributed by atoms with Gasteiger partial charge in [0, 0.05) is 45.3 Å². The second kappa shape index (κ2) is 7.50. The molecule has 3 heterocycles. The Labute approximate surface area is 161 Å². The lowest BCUT2D eigenvalue weighted by molar-refractivity contribution is 0.0219. The van der Waals surface area contributed by atoms with Crippen LogP contribution >= 0.6 is 0 Å². The zero-order valence-corrected chi connectivity index (χ0v) is 17.1. The third-order valence-corrected chi connectivity index (χ3v) is 5.21. The molecule has 3 rings (SSSR count). The van der Waals surface area contributed by atoms with Crippen molar-refractivity contribution in [3.8, 4) is 0 Å². The molecule has 2 amide bonds. The van der Waals surface area contributed by atoms with Gasteiger partial charge < -0.3 is 19.4 Å². The molecule has 8 heteroatoms. The van der Waals surface area contributed by atoms with Gasteiger partial charge in [-0.25, -0.2) is 4.79 Å². The molecule has 27 heavy (non-hydrogen) atoms. The molecule has 1 fully saturated rings. The SMILES string of the molecule is CCN1CCN(C(=O)c2nn(C)c3c2CCN(C(=O)OC(C)(C)C)C3)CC1. The molecule has 2 aliphatic heterocycles. The molecule has 0 atom stereocenters. The first-order valence-electron chi connectivity index (χ1n) is 9.74. The third-order valence-electron chi connectivity index (χ3n) is 5.21. The van der Waals surface area contributed by atoms with Crippen LogP contribution in [0, 0.1) is 0 Å². The number of rotatable bonds is 2. The largest absolute Gasteiger partial charge is 0.444 e. The molecule has 0 aliphatic carbocycles. The van der Waals surface area contributed by atoms with Gasteiger partial charge in [0.15, 0.2) is 5.69 Å². The fourth-order valence-electron chi connectivity index (χ4n) is 3.64. The number of ether oxygens (including phenoxy) is 1. The number of hydrogen-bond acceptors (Lipinski definition) is 5. The van der Waals surface area contributed by atoms with E-state index in [4.69, 9.17) is 4.74 Å². The third kappa shape index (κ3) is 4.26. The summed E-state index contributed by atoms with van der Waals surface area (Å²) in [6.07, 6.45) is 0.302. The first kappa shape index (κ1) is 19.7. The number of aryl methyl sites for hydroxylation is 1. The molecule has 0 spiro atoms. The first-order chi connectivity index (χ1) is 12.7. The Balaban J connectivity index is 1.72.